The van der Waals surface area contributed by atoms with Crippen LogP contribution < -0.4 is 5.32 Å². The molecule has 0 fully saturated rings. The van der Waals surface area contributed by atoms with Crippen LogP contribution >= 0.6 is 11.8 Å². The highest BCUT2D eigenvalue weighted by molar-refractivity contribution is 8.15. The Morgan fingerprint density at radius 3 is 2.80 bits per heavy atom. The quantitative estimate of drug-likeness (QED) is 0.797. The second-order valence-electron chi connectivity index (χ2n) is 6.84. The van der Waals surface area contributed by atoms with Gasteiger partial charge in [0.1, 0.15) is 23.5 Å². The number of amidine groups is 2. The highest BCUT2D eigenvalue weighted by Crippen LogP contribution is 2.35. The number of anilines is 1. The molecule has 2 aromatic carbocycles. The van der Waals surface area contributed by atoms with Gasteiger partial charge in [-0.2, -0.15) is 0 Å². The monoisotopic (exact) mass is 428 g/mol. The largest absolute Gasteiger partial charge is 0.323 e. The Morgan fingerprint density at radius 2 is 2.03 bits per heavy atom. The summed E-state index contributed by atoms with van der Waals surface area (Å²) in [5, 5.41) is 2.08. The van der Waals surface area contributed by atoms with E-state index >= 15 is 0 Å². The van der Waals surface area contributed by atoms with E-state index in [9.17, 15) is 18.4 Å². The van der Waals surface area contributed by atoms with Crippen LogP contribution in [0.4, 0.5) is 20.2 Å². The van der Waals surface area contributed by atoms with E-state index in [-0.39, 0.29) is 11.6 Å². The molecule has 9 heteroatoms. The van der Waals surface area contributed by atoms with Gasteiger partial charge in [0, 0.05) is 11.6 Å². The van der Waals surface area contributed by atoms with E-state index in [1.54, 1.807) is 13.8 Å². The fourth-order valence-corrected chi connectivity index (χ4v) is 4.23. The lowest BCUT2D eigenvalue weighted by Gasteiger charge is -2.27. The summed E-state index contributed by atoms with van der Waals surface area (Å²) in [4.78, 5) is 35.9. The standard InChI is InChI=1S/C21H18F2N4O2S/c1-3-17(19(28)25-16-10-12(22)8-9-14(16)23)30-21-26-15-7-5-4-6-13(15)18-24-11(2)20(29)27(18)21/h4-11,17H,3H2,1-2H3,(H,25,28). The third-order valence-electron chi connectivity index (χ3n) is 4.76. The number of rotatable bonds is 4. The Hall–Kier alpha value is -3.07. The minimum absolute atomic E-state index is 0.225. The number of amides is 2. The third kappa shape index (κ3) is 3.60. The summed E-state index contributed by atoms with van der Waals surface area (Å²) in [5.41, 5.74) is 1.17. The van der Waals surface area contributed by atoms with E-state index in [4.69, 9.17) is 0 Å². The first kappa shape index (κ1) is 20.2. The molecule has 0 spiro atoms. The molecule has 0 saturated heterocycles. The zero-order valence-electron chi connectivity index (χ0n) is 16.2. The summed E-state index contributed by atoms with van der Waals surface area (Å²) in [6.45, 7) is 3.50. The van der Waals surface area contributed by atoms with Gasteiger partial charge in [-0.25, -0.2) is 18.7 Å². The summed E-state index contributed by atoms with van der Waals surface area (Å²) < 4.78 is 27.3. The molecule has 30 heavy (non-hydrogen) atoms. The maximum Gasteiger partial charge on any atom is 0.258 e. The molecule has 0 aromatic heterocycles. The number of aliphatic imine (C=N–C) groups is 2. The number of thioether (sulfide) groups is 1. The first-order valence-corrected chi connectivity index (χ1v) is 10.3. The Labute approximate surface area is 176 Å². The van der Waals surface area contributed by atoms with Gasteiger partial charge in [-0.05, 0) is 37.6 Å². The molecule has 0 bridgehead atoms. The molecule has 2 unspecified atom stereocenters. The van der Waals surface area contributed by atoms with Crippen LogP contribution in [0.1, 0.15) is 25.8 Å². The van der Waals surface area contributed by atoms with E-state index in [2.05, 4.69) is 15.3 Å². The minimum atomic E-state index is -0.730. The van der Waals surface area contributed by atoms with Gasteiger partial charge in [0.25, 0.3) is 5.91 Å². The predicted molar refractivity (Wildman–Crippen MR) is 113 cm³/mol. The summed E-state index contributed by atoms with van der Waals surface area (Å²) in [7, 11) is 0. The minimum Gasteiger partial charge on any atom is -0.323 e. The summed E-state index contributed by atoms with van der Waals surface area (Å²) >= 11 is 1.09. The lowest BCUT2D eigenvalue weighted by atomic mass is 10.1. The Kier molecular flexibility index (Phi) is 5.38. The van der Waals surface area contributed by atoms with Crippen LogP contribution in [0, 0.1) is 11.6 Å². The normalized spacial score (nSPS) is 18.3. The topological polar surface area (TPSA) is 74.1 Å². The maximum absolute atomic E-state index is 13.9. The number of nitrogens with zero attached hydrogens (tertiary/aromatic N) is 3. The molecule has 0 radical (unpaired) electrons. The number of para-hydroxylation sites is 1. The van der Waals surface area contributed by atoms with Crippen LogP contribution in [-0.2, 0) is 9.59 Å². The Morgan fingerprint density at radius 1 is 1.27 bits per heavy atom. The van der Waals surface area contributed by atoms with Crippen molar-refractivity contribution in [2.75, 3.05) is 5.32 Å². The molecule has 2 aliphatic rings. The van der Waals surface area contributed by atoms with Crippen molar-refractivity contribution in [2.24, 2.45) is 9.98 Å². The van der Waals surface area contributed by atoms with Crippen molar-refractivity contribution in [3.8, 4) is 0 Å². The van der Waals surface area contributed by atoms with Crippen molar-refractivity contribution in [2.45, 2.75) is 31.6 Å². The molecular weight excluding hydrogens is 410 g/mol. The molecule has 2 aromatic rings. The molecule has 2 aliphatic heterocycles. The number of hydrogen-bond donors (Lipinski definition) is 1. The van der Waals surface area contributed by atoms with E-state index in [0.29, 0.717) is 23.1 Å². The third-order valence-corrected chi connectivity index (χ3v) is 6.07. The van der Waals surface area contributed by atoms with Crippen molar-refractivity contribution >= 4 is 46.0 Å². The fraction of sp³-hybridized carbons (Fsp3) is 0.238. The predicted octanol–water partition coefficient (Wildman–Crippen LogP) is 4.09. The van der Waals surface area contributed by atoms with Gasteiger partial charge in [-0.1, -0.05) is 30.8 Å². The van der Waals surface area contributed by atoms with E-state index in [0.717, 1.165) is 35.5 Å². The summed E-state index contributed by atoms with van der Waals surface area (Å²) in [5.74, 6) is -1.61. The zero-order chi connectivity index (χ0) is 21.4. The average molecular weight is 428 g/mol. The second-order valence-corrected chi connectivity index (χ2v) is 8.01. The molecular formula is C21H18F2N4O2S. The summed E-state index contributed by atoms with van der Waals surface area (Å²) in [6.07, 6.45) is 0.387. The Balaban J connectivity index is 1.62. The lowest BCUT2D eigenvalue weighted by Crippen LogP contribution is -2.42. The molecule has 2 heterocycles. The summed E-state index contributed by atoms with van der Waals surface area (Å²) in [6, 6.07) is 9.64. The molecule has 0 aliphatic carbocycles. The number of fused-ring (bicyclic) bond motifs is 3. The van der Waals surface area contributed by atoms with Crippen LogP contribution in [0.15, 0.2) is 52.4 Å². The van der Waals surface area contributed by atoms with Gasteiger partial charge < -0.3 is 5.32 Å². The molecule has 2 amide bonds. The molecule has 6 nitrogen and oxygen atoms in total. The van der Waals surface area contributed by atoms with E-state index < -0.39 is 28.8 Å². The molecule has 154 valence electrons. The van der Waals surface area contributed by atoms with Crippen molar-refractivity contribution in [3.05, 3.63) is 59.7 Å². The van der Waals surface area contributed by atoms with E-state index in [1.165, 1.54) is 4.90 Å². The maximum atomic E-state index is 13.9. The van der Waals surface area contributed by atoms with Crippen LogP contribution in [0.25, 0.3) is 0 Å². The van der Waals surface area contributed by atoms with E-state index in [1.807, 2.05) is 24.3 Å². The highest BCUT2D eigenvalue weighted by Gasteiger charge is 2.40. The number of nitrogens with one attached hydrogen (secondary N) is 1. The van der Waals surface area contributed by atoms with Crippen molar-refractivity contribution in [1.82, 2.24) is 4.90 Å². The number of carbonyl (C=O) groups excluding carboxylic acids is 2. The zero-order valence-corrected chi connectivity index (χ0v) is 17.0. The number of carbonyl (C=O) groups is 2. The van der Waals surface area contributed by atoms with Gasteiger partial charge in [-0.3, -0.25) is 14.6 Å². The Bertz CT molecular complexity index is 1100. The average Bonchev–Trinajstić information content (AvgIpc) is 3.03. The van der Waals surface area contributed by atoms with Crippen LogP contribution in [0.3, 0.4) is 0 Å². The van der Waals surface area contributed by atoms with Crippen molar-refractivity contribution in [1.29, 1.82) is 0 Å². The fourth-order valence-electron chi connectivity index (χ4n) is 3.21. The molecule has 2 atom stereocenters. The lowest BCUT2D eigenvalue weighted by molar-refractivity contribution is -0.124. The van der Waals surface area contributed by atoms with Gasteiger partial charge in [0.15, 0.2) is 5.17 Å². The van der Waals surface area contributed by atoms with Crippen LogP contribution in [-0.4, -0.2) is 39.0 Å². The molecule has 4 rings (SSSR count). The van der Waals surface area contributed by atoms with Gasteiger partial charge >= 0.3 is 0 Å². The first-order valence-electron chi connectivity index (χ1n) is 9.41. The number of hydrogen-bond acceptors (Lipinski definition) is 5. The van der Waals surface area contributed by atoms with Gasteiger partial charge in [-0.15, -0.1) is 0 Å². The smallest absolute Gasteiger partial charge is 0.258 e. The number of halogens is 2. The first-order chi connectivity index (χ1) is 14.4. The SMILES string of the molecule is CCC(SC1=Nc2ccccc2C2=NC(C)C(=O)N12)C(=O)Nc1cc(F)ccc1F. The van der Waals surface area contributed by atoms with Gasteiger partial charge in [0.05, 0.1) is 16.6 Å². The van der Waals surface area contributed by atoms with Crippen molar-refractivity contribution < 1.29 is 18.4 Å². The second kappa shape index (κ2) is 7.98. The van der Waals surface area contributed by atoms with Crippen molar-refractivity contribution in [3.63, 3.8) is 0 Å². The number of benzene rings is 2. The van der Waals surface area contributed by atoms with Gasteiger partial charge in [0.2, 0.25) is 5.91 Å². The molecule has 0 saturated carbocycles. The van der Waals surface area contributed by atoms with Crippen LogP contribution in [0.2, 0.25) is 0 Å². The highest BCUT2D eigenvalue weighted by atomic mass is 32.2. The van der Waals surface area contributed by atoms with Crippen LogP contribution in [0.5, 0.6) is 0 Å². The molecule has 1 N–H and O–H groups in total.